The van der Waals surface area contributed by atoms with Crippen LogP contribution in [0.5, 0.6) is 0 Å². The van der Waals surface area contributed by atoms with Crippen LogP contribution in [0.3, 0.4) is 0 Å². The monoisotopic (exact) mass is 340 g/mol. The largest absolute Gasteiger partial charge is 0.314 e. The summed E-state index contributed by atoms with van der Waals surface area (Å²) in [6.45, 7) is 3.53. The summed E-state index contributed by atoms with van der Waals surface area (Å²) in [5, 5.41) is 3.13. The number of piperidine rings is 1. The van der Waals surface area contributed by atoms with Crippen molar-refractivity contribution in [2.24, 2.45) is 5.92 Å². The molecule has 124 valence electrons. The second kappa shape index (κ2) is 6.88. The lowest BCUT2D eigenvalue weighted by Crippen LogP contribution is -2.54. The molecule has 0 radical (unpaired) electrons. The quantitative estimate of drug-likeness (QED) is 0.628. The van der Waals surface area contributed by atoms with Gasteiger partial charge in [-0.25, -0.2) is 13.1 Å². The smallest absolute Gasteiger partial charge is 0.282 e. The van der Waals surface area contributed by atoms with E-state index in [0.29, 0.717) is 45.8 Å². The summed E-state index contributed by atoms with van der Waals surface area (Å²) in [6, 6.07) is 0. The van der Waals surface area contributed by atoms with Gasteiger partial charge in [0.25, 0.3) is 10.2 Å². The summed E-state index contributed by atoms with van der Waals surface area (Å²) in [5.74, 6) is 0.0335. The lowest BCUT2D eigenvalue weighted by Gasteiger charge is -2.36. The first-order valence-corrected chi connectivity index (χ1v) is 10.5. The van der Waals surface area contributed by atoms with Gasteiger partial charge in [0, 0.05) is 45.8 Å². The van der Waals surface area contributed by atoms with Gasteiger partial charge in [0.2, 0.25) is 10.0 Å². The van der Waals surface area contributed by atoms with Crippen molar-refractivity contribution >= 4 is 20.2 Å². The highest BCUT2D eigenvalue weighted by Crippen LogP contribution is 2.21. The number of hydrogen-bond acceptors (Lipinski definition) is 5. The highest BCUT2D eigenvalue weighted by molar-refractivity contribution is 7.88. The van der Waals surface area contributed by atoms with E-state index >= 15 is 0 Å². The van der Waals surface area contributed by atoms with Crippen LogP contribution in [0.1, 0.15) is 12.8 Å². The summed E-state index contributed by atoms with van der Waals surface area (Å²) in [5.41, 5.74) is 0. The van der Waals surface area contributed by atoms with Crippen LogP contribution in [0.15, 0.2) is 0 Å². The van der Waals surface area contributed by atoms with Crippen LogP contribution in [0, 0.1) is 5.92 Å². The number of nitrogens with one attached hydrogen (secondary N) is 2. The Morgan fingerprint density at radius 3 is 2.38 bits per heavy atom. The maximum absolute atomic E-state index is 12.6. The van der Waals surface area contributed by atoms with E-state index in [9.17, 15) is 16.8 Å². The molecule has 2 rings (SSSR count). The fourth-order valence-corrected chi connectivity index (χ4v) is 4.98. The molecule has 1 atom stereocenters. The number of piperazine rings is 1. The van der Waals surface area contributed by atoms with Crippen LogP contribution in [-0.2, 0) is 20.2 Å². The highest BCUT2D eigenvalue weighted by Gasteiger charge is 2.34. The zero-order valence-corrected chi connectivity index (χ0v) is 13.9. The fraction of sp³-hybridized carbons (Fsp3) is 1.00. The minimum atomic E-state index is -3.42. The molecule has 2 aliphatic heterocycles. The van der Waals surface area contributed by atoms with E-state index in [0.717, 1.165) is 19.1 Å². The molecule has 2 aliphatic rings. The van der Waals surface area contributed by atoms with E-state index < -0.39 is 20.2 Å². The predicted molar refractivity (Wildman–Crippen MR) is 80.5 cm³/mol. The van der Waals surface area contributed by atoms with Gasteiger partial charge in [-0.3, -0.25) is 0 Å². The van der Waals surface area contributed by atoms with Crippen molar-refractivity contribution in [1.82, 2.24) is 18.6 Å². The summed E-state index contributed by atoms with van der Waals surface area (Å²) in [4.78, 5) is 0. The van der Waals surface area contributed by atoms with Gasteiger partial charge in [-0.2, -0.15) is 17.0 Å². The van der Waals surface area contributed by atoms with Crippen LogP contribution in [0.2, 0.25) is 0 Å². The molecule has 2 heterocycles. The normalized spacial score (nSPS) is 26.8. The third-order valence-electron chi connectivity index (χ3n) is 3.84. The van der Waals surface area contributed by atoms with Crippen molar-refractivity contribution < 1.29 is 16.8 Å². The van der Waals surface area contributed by atoms with Crippen molar-refractivity contribution in [2.45, 2.75) is 12.8 Å². The van der Waals surface area contributed by atoms with Gasteiger partial charge < -0.3 is 5.32 Å². The van der Waals surface area contributed by atoms with Crippen molar-refractivity contribution in [2.75, 3.05) is 52.1 Å². The Labute approximate surface area is 127 Å². The van der Waals surface area contributed by atoms with Crippen molar-refractivity contribution in [3.05, 3.63) is 0 Å². The zero-order chi connectivity index (χ0) is 15.5. The molecule has 2 fully saturated rings. The van der Waals surface area contributed by atoms with E-state index in [1.807, 2.05) is 0 Å². The van der Waals surface area contributed by atoms with Gasteiger partial charge in [0.15, 0.2) is 0 Å². The summed E-state index contributed by atoms with van der Waals surface area (Å²) in [6.07, 6.45) is 2.72. The Kier molecular flexibility index (Phi) is 5.60. The van der Waals surface area contributed by atoms with Crippen molar-refractivity contribution in [1.29, 1.82) is 0 Å². The third-order valence-corrected chi connectivity index (χ3v) is 6.54. The van der Waals surface area contributed by atoms with Gasteiger partial charge in [0.1, 0.15) is 0 Å². The molecule has 2 N–H and O–H groups in total. The predicted octanol–water partition coefficient (Wildman–Crippen LogP) is -1.60. The molecule has 8 nitrogen and oxygen atoms in total. The summed E-state index contributed by atoms with van der Waals surface area (Å²) in [7, 11) is -6.66. The average Bonchev–Trinajstić information content (AvgIpc) is 2.46. The number of nitrogens with zero attached hydrogens (tertiary/aromatic N) is 2. The molecule has 10 heteroatoms. The molecule has 0 amide bonds. The minimum absolute atomic E-state index is 0.0335. The average molecular weight is 340 g/mol. The molecule has 0 saturated carbocycles. The molecule has 0 aromatic heterocycles. The standard InChI is InChI=1S/C11H24N4O4S2/c1-20(16,17)13-9-11-3-2-6-15(10-11)21(18,19)14-7-4-12-5-8-14/h11-13H,2-10H2,1H3. The molecule has 0 bridgehead atoms. The zero-order valence-electron chi connectivity index (χ0n) is 12.3. The Balaban J connectivity index is 1.96. The maximum atomic E-state index is 12.6. The number of sulfonamides is 1. The van der Waals surface area contributed by atoms with Crippen LogP contribution >= 0.6 is 0 Å². The molecule has 21 heavy (non-hydrogen) atoms. The second-order valence-electron chi connectivity index (χ2n) is 5.64. The molecular formula is C11H24N4O4S2. The first-order valence-electron chi connectivity index (χ1n) is 7.19. The number of rotatable bonds is 5. The summed E-state index contributed by atoms with van der Waals surface area (Å²) < 4.78 is 52.9. The van der Waals surface area contributed by atoms with Gasteiger partial charge in [-0.15, -0.1) is 0 Å². The molecule has 0 aliphatic carbocycles. The van der Waals surface area contributed by atoms with E-state index in [1.165, 1.54) is 8.61 Å². The first-order chi connectivity index (χ1) is 9.79. The Hall–Kier alpha value is -0.260. The van der Waals surface area contributed by atoms with E-state index in [2.05, 4.69) is 10.0 Å². The van der Waals surface area contributed by atoms with Gasteiger partial charge in [-0.05, 0) is 18.8 Å². The van der Waals surface area contributed by atoms with E-state index in [-0.39, 0.29) is 5.92 Å². The van der Waals surface area contributed by atoms with Crippen LogP contribution in [0.25, 0.3) is 0 Å². The highest BCUT2D eigenvalue weighted by atomic mass is 32.2. The Morgan fingerprint density at radius 1 is 1.10 bits per heavy atom. The first kappa shape index (κ1) is 17.1. The molecule has 0 spiro atoms. The molecule has 0 aromatic rings. The molecule has 2 saturated heterocycles. The lowest BCUT2D eigenvalue weighted by molar-refractivity contribution is 0.241. The maximum Gasteiger partial charge on any atom is 0.282 e. The molecular weight excluding hydrogens is 316 g/mol. The van der Waals surface area contributed by atoms with Crippen molar-refractivity contribution in [3.63, 3.8) is 0 Å². The van der Waals surface area contributed by atoms with E-state index in [4.69, 9.17) is 0 Å². The third kappa shape index (κ3) is 4.86. The fourth-order valence-electron chi connectivity index (χ4n) is 2.71. The van der Waals surface area contributed by atoms with Crippen LogP contribution in [0.4, 0.5) is 0 Å². The summed E-state index contributed by atoms with van der Waals surface area (Å²) >= 11 is 0. The molecule has 1 unspecified atom stereocenters. The van der Waals surface area contributed by atoms with Crippen LogP contribution < -0.4 is 10.0 Å². The topological polar surface area (TPSA) is 98.8 Å². The SMILES string of the molecule is CS(=O)(=O)NCC1CCCN(S(=O)(=O)N2CCNCC2)C1. The van der Waals surface area contributed by atoms with Gasteiger partial charge in [0.05, 0.1) is 6.26 Å². The molecule has 0 aromatic carbocycles. The van der Waals surface area contributed by atoms with Crippen LogP contribution in [-0.4, -0.2) is 77.5 Å². The van der Waals surface area contributed by atoms with Gasteiger partial charge >= 0.3 is 0 Å². The minimum Gasteiger partial charge on any atom is -0.314 e. The van der Waals surface area contributed by atoms with Crippen molar-refractivity contribution in [3.8, 4) is 0 Å². The Bertz CT molecular complexity index is 543. The number of hydrogen-bond donors (Lipinski definition) is 2. The van der Waals surface area contributed by atoms with Gasteiger partial charge in [-0.1, -0.05) is 0 Å². The van der Waals surface area contributed by atoms with E-state index in [1.54, 1.807) is 0 Å². The Morgan fingerprint density at radius 2 is 1.76 bits per heavy atom. The lowest BCUT2D eigenvalue weighted by atomic mass is 10.0. The second-order valence-corrected chi connectivity index (χ2v) is 9.41.